The topological polar surface area (TPSA) is 42.0 Å². The highest BCUT2D eigenvalue weighted by molar-refractivity contribution is 6.29. The summed E-state index contributed by atoms with van der Waals surface area (Å²) in [6.45, 7) is 3.04. The van der Waals surface area contributed by atoms with Crippen LogP contribution in [0.1, 0.15) is 43.0 Å². The first kappa shape index (κ1) is 13.3. The molecule has 3 nitrogen and oxygen atoms in total. The number of amides is 1. The van der Waals surface area contributed by atoms with Crippen molar-refractivity contribution < 1.29 is 4.79 Å². The molecule has 1 aromatic heterocycles. The van der Waals surface area contributed by atoms with Crippen molar-refractivity contribution in [1.29, 1.82) is 0 Å². The predicted molar refractivity (Wildman–Crippen MR) is 72.7 cm³/mol. The lowest BCUT2D eigenvalue weighted by atomic mass is 9.80. The second kappa shape index (κ2) is 6.19. The molecule has 1 fully saturated rings. The molecule has 2 atom stereocenters. The molecule has 0 radical (unpaired) electrons. The van der Waals surface area contributed by atoms with Crippen LogP contribution in [-0.2, 0) is 0 Å². The molecular formula is C14H19ClN2O. The summed E-state index contributed by atoms with van der Waals surface area (Å²) in [6.07, 6.45) is 6.66. The molecule has 0 aliphatic heterocycles. The number of hydrogen-bond acceptors (Lipinski definition) is 2. The predicted octanol–water partition coefficient (Wildman–Crippen LogP) is 3.29. The molecule has 4 heteroatoms. The minimum Gasteiger partial charge on any atom is -0.352 e. The Bertz CT molecular complexity index is 422. The van der Waals surface area contributed by atoms with Gasteiger partial charge in [-0.2, -0.15) is 0 Å². The highest BCUT2D eigenvalue weighted by Gasteiger charge is 2.21. The van der Waals surface area contributed by atoms with Crippen molar-refractivity contribution >= 4 is 17.5 Å². The number of nitrogens with zero attached hydrogens (tertiary/aromatic N) is 1. The van der Waals surface area contributed by atoms with Crippen LogP contribution in [0.4, 0.5) is 0 Å². The van der Waals surface area contributed by atoms with Gasteiger partial charge in [-0.15, -0.1) is 0 Å². The van der Waals surface area contributed by atoms with Crippen LogP contribution in [0.2, 0.25) is 5.15 Å². The van der Waals surface area contributed by atoms with Gasteiger partial charge in [0.25, 0.3) is 5.91 Å². The van der Waals surface area contributed by atoms with Gasteiger partial charge in [0, 0.05) is 18.3 Å². The summed E-state index contributed by atoms with van der Waals surface area (Å²) in [5.74, 6) is 1.26. The van der Waals surface area contributed by atoms with Gasteiger partial charge in [-0.05, 0) is 30.4 Å². The number of carbonyl (C=O) groups excluding carboxylic acids is 1. The normalized spacial score (nSPS) is 23.7. The SMILES string of the molecule is CC1CCCCC1CNC(=O)c1ccnc(Cl)c1. The Balaban J connectivity index is 1.88. The molecule has 0 spiro atoms. The molecule has 2 rings (SSSR count). The summed E-state index contributed by atoms with van der Waals surface area (Å²) in [5.41, 5.74) is 0.582. The number of aromatic nitrogens is 1. The van der Waals surface area contributed by atoms with E-state index in [9.17, 15) is 4.79 Å². The Labute approximate surface area is 113 Å². The van der Waals surface area contributed by atoms with E-state index >= 15 is 0 Å². The van der Waals surface area contributed by atoms with E-state index in [1.54, 1.807) is 18.3 Å². The van der Waals surface area contributed by atoms with E-state index in [1.165, 1.54) is 25.7 Å². The van der Waals surface area contributed by atoms with Gasteiger partial charge < -0.3 is 5.32 Å². The molecular weight excluding hydrogens is 248 g/mol. The molecule has 1 aliphatic rings. The first-order valence-electron chi connectivity index (χ1n) is 6.56. The molecule has 1 saturated carbocycles. The standard InChI is InChI=1S/C14H19ClN2O/c1-10-4-2-3-5-12(10)9-17-14(18)11-6-7-16-13(15)8-11/h6-8,10,12H,2-5,9H2,1H3,(H,17,18). The second-order valence-corrected chi connectivity index (χ2v) is 5.49. The lowest BCUT2D eigenvalue weighted by Crippen LogP contribution is -2.33. The van der Waals surface area contributed by atoms with E-state index in [-0.39, 0.29) is 5.91 Å². The molecule has 1 aliphatic carbocycles. The fraction of sp³-hybridized carbons (Fsp3) is 0.571. The van der Waals surface area contributed by atoms with Crippen molar-refractivity contribution in [2.24, 2.45) is 11.8 Å². The molecule has 0 bridgehead atoms. The van der Waals surface area contributed by atoms with E-state index in [0.717, 1.165) is 6.54 Å². The van der Waals surface area contributed by atoms with Crippen molar-refractivity contribution in [3.8, 4) is 0 Å². The molecule has 1 heterocycles. The van der Waals surface area contributed by atoms with Crippen LogP contribution in [0, 0.1) is 11.8 Å². The summed E-state index contributed by atoms with van der Waals surface area (Å²) < 4.78 is 0. The third-order valence-electron chi connectivity index (χ3n) is 3.80. The maximum absolute atomic E-state index is 11.9. The first-order valence-corrected chi connectivity index (χ1v) is 6.94. The lowest BCUT2D eigenvalue weighted by Gasteiger charge is -2.28. The maximum Gasteiger partial charge on any atom is 0.251 e. The fourth-order valence-corrected chi connectivity index (χ4v) is 2.74. The van der Waals surface area contributed by atoms with E-state index in [4.69, 9.17) is 11.6 Å². The van der Waals surface area contributed by atoms with E-state index in [1.807, 2.05) is 0 Å². The quantitative estimate of drug-likeness (QED) is 0.853. The number of halogens is 1. The molecule has 2 unspecified atom stereocenters. The van der Waals surface area contributed by atoms with Crippen molar-refractivity contribution in [3.63, 3.8) is 0 Å². The summed E-state index contributed by atoms with van der Waals surface area (Å²) in [5, 5.41) is 3.36. The monoisotopic (exact) mass is 266 g/mol. The molecule has 0 saturated heterocycles. The van der Waals surface area contributed by atoms with Crippen LogP contribution < -0.4 is 5.32 Å². The van der Waals surface area contributed by atoms with Crippen molar-refractivity contribution in [3.05, 3.63) is 29.0 Å². The third kappa shape index (κ3) is 3.45. The third-order valence-corrected chi connectivity index (χ3v) is 4.01. The summed E-state index contributed by atoms with van der Waals surface area (Å²) in [6, 6.07) is 3.28. The van der Waals surface area contributed by atoms with Crippen molar-refractivity contribution in [1.82, 2.24) is 10.3 Å². The molecule has 98 valence electrons. The smallest absolute Gasteiger partial charge is 0.251 e. The zero-order valence-electron chi connectivity index (χ0n) is 10.7. The van der Waals surface area contributed by atoms with Gasteiger partial charge in [0.1, 0.15) is 5.15 Å². The number of pyridine rings is 1. The first-order chi connectivity index (χ1) is 8.66. The van der Waals surface area contributed by atoms with Crippen LogP contribution in [-0.4, -0.2) is 17.4 Å². The van der Waals surface area contributed by atoms with E-state index in [0.29, 0.717) is 22.6 Å². The maximum atomic E-state index is 11.9. The number of nitrogens with one attached hydrogen (secondary N) is 1. The van der Waals surface area contributed by atoms with Gasteiger partial charge in [-0.1, -0.05) is 37.8 Å². The van der Waals surface area contributed by atoms with Crippen molar-refractivity contribution in [2.75, 3.05) is 6.54 Å². The number of rotatable bonds is 3. The Morgan fingerprint density at radius 3 is 3.00 bits per heavy atom. The zero-order valence-corrected chi connectivity index (χ0v) is 11.4. The van der Waals surface area contributed by atoms with Gasteiger partial charge in [-0.3, -0.25) is 4.79 Å². The summed E-state index contributed by atoms with van der Waals surface area (Å²) >= 11 is 5.77. The van der Waals surface area contributed by atoms with E-state index in [2.05, 4.69) is 17.2 Å². The van der Waals surface area contributed by atoms with Crippen molar-refractivity contribution in [2.45, 2.75) is 32.6 Å². The molecule has 1 aromatic rings. The van der Waals surface area contributed by atoms with Gasteiger partial charge in [0.05, 0.1) is 0 Å². The largest absolute Gasteiger partial charge is 0.352 e. The summed E-state index contributed by atoms with van der Waals surface area (Å²) in [7, 11) is 0. The highest BCUT2D eigenvalue weighted by Crippen LogP contribution is 2.28. The Kier molecular flexibility index (Phi) is 4.59. The molecule has 18 heavy (non-hydrogen) atoms. The fourth-order valence-electron chi connectivity index (χ4n) is 2.57. The van der Waals surface area contributed by atoms with Crippen LogP contribution >= 0.6 is 11.6 Å². The Morgan fingerprint density at radius 2 is 2.28 bits per heavy atom. The number of carbonyl (C=O) groups is 1. The number of hydrogen-bond donors (Lipinski definition) is 1. The molecule has 1 N–H and O–H groups in total. The molecule has 0 aromatic carbocycles. The van der Waals surface area contributed by atoms with Gasteiger partial charge in [0.15, 0.2) is 0 Å². The van der Waals surface area contributed by atoms with Crippen LogP contribution in [0.25, 0.3) is 0 Å². The van der Waals surface area contributed by atoms with Gasteiger partial charge in [0.2, 0.25) is 0 Å². The van der Waals surface area contributed by atoms with Crippen LogP contribution in [0.15, 0.2) is 18.3 Å². The van der Waals surface area contributed by atoms with Crippen LogP contribution in [0.5, 0.6) is 0 Å². The van der Waals surface area contributed by atoms with Crippen LogP contribution in [0.3, 0.4) is 0 Å². The van der Waals surface area contributed by atoms with Gasteiger partial charge >= 0.3 is 0 Å². The average molecular weight is 267 g/mol. The summed E-state index contributed by atoms with van der Waals surface area (Å²) in [4.78, 5) is 15.8. The minimum absolute atomic E-state index is 0.0583. The highest BCUT2D eigenvalue weighted by atomic mass is 35.5. The zero-order chi connectivity index (χ0) is 13.0. The second-order valence-electron chi connectivity index (χ2n) is 5.10. The Hall–Kier alpha value is -1.09. The average Bonchev–Trinajstić information content (AvgIpc) is 2.37. The van der Waals surface area contributed by atoms with Gasteiger partial charge in [-0.25, -0.2) is 4.98 Å². The lowest BCUT2D eigenvalue weighted by molar-refractivity contribution is 0.0936. The van der Waals surface area contributed by atoms with E-state index < -0.39 is 0 Å². The molecule has 1 amide bonds. The minimum atomic E-state index is -0.0583. The Morgan fingerprint density at radius 1 is 1.50 bits per heavy atom.